The molecule has 0 aromatic rings. The van der Waals surface area contributed by atoms with Crippen LogP contribution >= 0.6 is 0 Å². The number of rotatable bonds is 14. The minimum atomic E-state index is -3.55. The molecule has 49 heavy (non-hydrogen) atoms. The third-order valence-electron chi connectivity index (χ3n) is 10.9. The van der Waals surface area contributed by atoms with Gasteiger partial charge in [-0.2, -0.15) is 0 Å². The topological polar surface area (TPSA) is 171 Å². The molecule has 0 spiro atoms. The Morgan fingerprint density at radius 1 is 0.939 bits per heavy atom. The van der Waals surface area contributed by atoms with E-state index < -0.39 is 61.9 Å². The van der Waals surface area contributed by atoms with Gasteiger partial charge in [0.15, 0.2) is 9.84 Å². The third kappa shape index (κ3) is 10.3. The van der Waals surface area contributed by atoms with Gasteiger partial charge in [0.05, 0.1) is 22.1 Å². The van der Waals surface area contributed by atoms with Crippen molar-refractivity contribution in [1.29, 1.82) is 0 Å². The summed E-state index contributed by atoms with van der Waals surface area (Å²) in [4.78, 5) is 69.3. The Morgan fingerprint density at radius 2 is 1.57 bits per heavy atom. The van der Waals surface area contributed by atoms with Crippen LogP contribution in [0.1, 0.15) is 118 Å². The van der Waals surface area contributed by atoms with Crippen molar-refractivity contribution in [2.24, 2.45) is 17.8 Å². The molecule has 13 heteroatoms. The quantitative estimate of drug-likeness (QED) is 0.158. The van der Waals surface area contributed by atoms with E-state index in [2.05, 4.69) is 27.8 Å². The monoisotopic (exact) mass is 705 g/mol. The molecule has 1 heterocycles. The molecule has 4 atom stereocenters. The molecule has 0 bridgehead atoms. The molecule has 0 aromatic heterocycles. The normalized spacial score (nSPS) is 24.3. The molecule has 4 rings (SSSR count). The zero-order chi connectivity index (χ0) is 36.0. The van der Waals surface area contributed by atoms with Crippen LogP contribution < -0.4 is 21.3 Å². The maximum absolute atomic E-state index is 14.5. The molecule has 3 aliphatic carbocycles. The highest BCUT2D eigenvalue weighted by Crippen LogP contribution is 2.35. The molecule has 3 saturated carbocycles. The molecule has 4 N–H and O–H groups in total. The van der Waals surface area contributed by atoms with Crippen molar-refractivity contribution in [3.05, 3.63) is 12.7 Å². The molecule has 1 aliphatic heterocycles. The van der Waals surface area contributed by atoms with Gasteiger partial charge >= 0.3 is 6.03 Å². The summed E-state index contributed by atoms with van der Waals surface area (Å²) in [7, 11) is -3.55. The van der Waals surface area contributed by atoms with E-state index >= 15 is 0 Å². The van der Waals surface area contributed by atoms with Crippen molar-refractivity contribution >= 4 is 39.4 Å². The van der Waals surface area contributed by atoms with Gasteiger partial charge in [-0.25, -0.2) is 13.2 Å². The third-order valence-corrected chi connectivity index (χ3v) is 13.7. The fraction of sp³-hybridized carbons (Fsp3) is 0.806. The maximum atomic E-state index is 14.5. The van der Waals surface area contributed by atoms with Crippen molar-refractivity contribution < 1.29 is 32.4 Å². The SMILES string of the molecule is C=CCNC(=O)C(=O)C(CC1CC1)NC(=O)[C@@H]1C[C@@H](C)CN1C(=O)[C@@H](NC(=O)NC1(CS(=O)(=O)C(C)(C)C)CCCCC1)C1CCCCC1. The van der Waals surface area contributed by atoms with Crippen LogP contribution in [0.25, 0.3) is 0 Å². The van der Waals surface area contributed by atoms with Gasteiger partial charge in [0.2, 0.25) is 17.6 Å². The zero-order valence-corrected chi connectivity index (χ0v) is 30.8. The standard InChI is InChI=1S/C36H59N5O7S/c1-6-19-37-32(44)30(42)27(21-25-15-16-25)38-31(43)28-20-24(2)22-41(28)33(45)29(26-13-9-7-10-14-26)39-34(46)40-36(17-11-8-12-18-36)23-49(47,48)35(3,4)5/h6,24-29H,1,7-23H2,2-5H3,(H,37,44)(H,38,43)(H2,39,40,46)/t24-,27?,28+,29+/m1/s1. The van der Waals surface area contributed by atoms with Gasteiger partial charge in [-0.15, -0.1) is 6.58 Å². The first-order valence-electron chi connectivity index (χ1n) is 18.4. The molecule has 0 radical (unpaired) electrons. The van der Waals surface area contributed by atoms with Crippen LogP contribution in [0.3, 0.4) is 0 Å². The lowest BCUT2D eigenvalue weighted by atomic mass is 9.82. The van der Waals surface area contributed by atoms with Crippen LogP contribution in [0.5, 0.6) is 0 Å². The first-order valence-corrected chi connectivity index (χ1v) is 20.1. The van der Waals surface area contributed by atoms with E-state index in [0.29, 0.717) is 32.2 Å². The van der Waals surface area contributed by atoms with Crippen molar-refractivity contribution in [3.63, 3.8) is 0 Å². The summed E-state index contributed by atoms with van der Waals surface area (Å²) in [6.07, 6.45) is 12.1. The summed E-state index contributed by atoms with van der Waals surface area (Å²) in [5.74, 6) is -2.37. The van der Waals surface area contributed by atoms with Gasteiger partial charge in [-0.1, -0.05) is 64.4 Å². The number of urea groups is 1. The largest absolute Gasteiger partial charge is 0.346 e. The van der Waals surface area contributed by atoms with E-state index in [9.17, 15) is 32.4 Å². The molecule has 5 amide bonds. The lowest BCUT2D eigenvalue weighted by molar-refractivity contribution is -0.143. The number of hydrogen-bond acceptors (Lipinski definition) is 7. The average Bonchev–Trinajstić information content (AvgIpc) is 3.78. The molecular formula is C36H59N5O7S. The Labute approximate surface area is 292 Å². The predicted molar refractivity (Wildman–Crippen MR) is 188 cm³/mol. The van der Waals surface area contributed by atoms with Gasteiger partial charge < -0.3 is 26.2 Å². The zero-order valence-electron chi connectivity index (χ0n) is 30.0. The molecule has 1 saturated heterocycles. The van der Waals surface area contributed by atoms with Gasteiger partial charge in [-0.05, 0) is 77.0 Å². The number of carbonyl (C=O) groups is 5. The van der Waals surface area contributed by atoms with Crippen molar-refractivity contribution in [1.82, 2.24) is 26.2 Å². The van der Waals surface area contributed by atoms with Crippen molar-refractivity contribution in [2.45, 2.75) is 146 Å². The number of carbonyl (C=O) groups excluding carboxylic acids is 5. The molecule has 1 unspecified atom stereocenters. The molecular weight excluding hydrogens is 646 g/mol. The molecule has 276 valence electrons. The Bertz CT molecular complexity index is 1340. The van der Waals surface area contributed by atoms with E-state index in [-0.39, 0.29) is 36.0 Å². The maximum Gasteiger partial charge on any atom is 0.315 e. The predicted octanol–water partition coefficient (Wildman–Crippen LogP) is 3.54. The number of sulfone groups is 1. The molecule has 4 aliphatic rings. The average molecular weight is 706 g/mol. The van der Waals surface area contributed by atoms with Crippen LogP contribution in [0.4, 0.5) is 4.79 Å². The lowest BCUT2D eigenvalue weighted by Gasteiger charge is -2.40. The highest BCUT2D eigenvalue weighted by Gasteiger charge is 2.46. The Hall–Kier alpha value is -2.96. The Morgan fingerprint density at radius 3 is 2.16 bits per heavy atom. The van der Waals surface area contributed by atoms with E-state index in [1.54, 1.807) is 20.8 Å². The summed E-state index contributed by atoms with van der Waals surface area (Å²) in [6, 6.07) is -3.31. The van der Waals surface area contributed by atoms with Crippen LogP contribution in [0.15, 0.2) is 12.7 Å². The number of amides is 5. The number of nitrogens with one attached hydrogen (secondary N) is 4. The van der Waals surface area contributed by atoms with Crippen LogP contribution in [0.2, 0.25) is 0 Å². The van der Waals surface area contributed by atoms with E-state index in [1.807, 2.05) is 6.92 Å². The number of hydrogen-bond donors (Lipinski definition) is 4. The van der Waals surface area contributed by atoms with E-state index in [0.717, 1.165) is 64.2 Å². The number of nitrogens with zero attached hydrogens (tertiary/aromatic N) is 1. The lowest BCUT2D eigenvalue weighted by Crippen LogP contribution is -2.62. The summed E-state index contributed by atoms with van der Waals surface area (Å²) < 4.78 is 25.7. The van der Waals surface area contributed by atoms with Gasteiger partial charge in [-0.3, -0.25) is 19.2 Å². The summed E-state index contributed by atoms with van der Waals surface area (Å²) in [5.41, 5.74) is -0.930. The molecule has 0 aromatic carbocycles. The van der Waals surface area contributed by atoms with Gasteiger partial charge in [0.25, 0.3) is 5.91 Å². The minimum absolute atomic E-state index is 0.00196. The minimum Gasteiger partial charge on any atom is -0.346 e. The van der Waals surface area contributed by atoms with Gasteiger partial charge in [0.1, 0.15) is 12.1 Å². The Balaban J connectivity index is 1.53. The highest BCUT2D eigenvalue weighted by molar-refractivity contribution is 7.92. The number of likely N-dealkylation sites (tertiary alicyclic amines) is 1. The summed E-state index contributed by atoms with van der Waals surface area (Å²) in [6.45, 7) is 11.0. The van der Waals surface area contributed by atoms with Crippen LogP contribution in [0, 0.1) is 17.8 Å². The second kappa shape index (κ2) is 16.4. The summed E-state index contributed by atoms with van der Waals surface area (Å²) >= 11 is 0. The Kier molecular flexibility index (Phi) is 13.0. The van der Waals surface area contributed by atoms with Crippen molar-refractivity contribution in [2.75, 3.05) is 18.8 Å². The molecule has 4 fully saturated rings. The van der Waals surface area contributed by atoms with Crippen LogP contribution in [-0.4, -0.2) is 90.1 Å². The van der Waals surface area contributed by atoms with Crippen molar-refractivity contribution in [3.8, 4) is 0 Å². The summed E-state index contributed by atoms with van der Waals surface area (Å²) in [5, 5.41) is 11.3. The number of Topliss-reactive ketones (excluding diaryl/α,β-unsaturated/α-hetero) is 1. The van der Waals surface area contributed by atoms with Crippen LogP contribution in [-0.2, 0) is 29.0 Å². The second-order valence-electron chi connectivity index (χ2n) is 16.1. The smallest absolute Gasteiger partial charge is 0.315 e. The fourth-order valence-electron chi connectivity index (χ4n) is 7.69. The number of ketones is 1. The second-order valence-corrected chi connectivity index (χ2v) is 18.9. The van der Waals surface area contributed by atoms with Gasteiger partial charge in [0, 0.05) is 13.1 Å². The van der Waals surface area contributed by atoms with E-state index in [1.165, 1.54) is 11.0 Å². The van der Waals surface area contributed by atoms with E-state index in [4.69, 9.17) is 0 Å². The molecule has 12 nitrogen and oxygen atoms in total. The first-order chi connectivity index (χ1) is 23.1. The first kappa shape index (κ1) is 38.8. The highest BCUT2D eigenvalue weighted by atomic mass is 32.2. The fourth-order valence-corrected chi connectivity index (χ4v) is 9.22.